The number of carbonyl (C=O) groups excluding carboxylic acids is 2. The Morgan fingerprint density at radius 1 is 1.05 bits per heavy atom. The number of hydrogen-bond acceptors (Lipinski definition) is 6. The van der Waals surface area contributed by atoms with E-state index in [1.165, 1.54) is 0 Å². The number of allylic oxidation sites excluding steroid dienone is 1. The zero-order valence-electron chi connectivity index (χ0n) is 22.6. The molecule has 0 spiro atoms. The van der Waals surface area contributed by atoms with Crippen molar-refractivity contribution < 1.29 is 9.59 Å². The first kappa shape index (κ1) is 24.9. The molecule has 3 aliphatic heterocycles. The van der Waals surface area contributed by atoms with Crippen molar-refractivity contribution in [2.24, 2.45) is 33.1 Å². The van der Waals surface area contributed by atoms with E-state index >= 15 is 0 Å². The van der Waals surface area contributed by atoms with E-state index in [2.05, 4.69) is 30.9 Å². The van der Waals surface area contributed by atoms with Gasteiger partial charge in [-0.15, -0.1) is 0 Å². The second kappa shape index (κ2) is 7.95. The third-order valence-corrected chi connectivity index (χ3v) is 10.9. The molecule has 8 heteroatoms. The molecule has 3 aliphatic carbocycles. The average Bonchev–Trinajstić information content (AvgIpc) is 2.88. The van der Waals surface area contributed by atoms with Gasteiger partial charge in [0.25, 0.3) is 5.91 Å². The summed E-state index contributed by atoms with van der Waals surface area (Å²) in [6.07, 6.45) is 4.76. The molecule has 6 bridgehead atoms. The van der Waals surface area contributed by atoms with Crippen molar-refractivity contribution in [3.63, 3.8) is 0 Å². The maximum atomic E-state index is 14.8. The number of anilines is 1. The number of benzene rings is 1. The summed E-state index contributed by atoms with van der Waals surface area (Å²) in [5.41, 5.74) is 0.299. The number of carbonyl (C=O) groups is 2. The molecule has 1 saturated carbocycles. The summed E-state index contributed by atoms with van der Waals surface area (Å²) in [4.78, 5) is 37.8. The van der Waals surface area contributed by atoms with Crippen LogP contribution in [0.5, 0.6) is 0 Å². The van der Waals surface area contributed by atoms with Crippen LogP contribution in [0, 0.1) is 57.7 Å². The van der Waals surface area contributed by atoms with Crippen LogP contribution in [-0.4, -0.2) is 34.8 Å². The Kier molecular flexibility index (Phi) is 5.07. The highest BCUT2D eigenvalue weighted by molar-refractivity contribution is 6.31. The lowest BCUT2D eigenvalue weighted by atomic mass is 9.40. The van der Waals surface area contributed by atoms with Crippen molar-refractivity contribution in [1.82, 2.24) is 4.90 Å². The van der Waals surface area contributed by atoms with Crippen molar-refractivity contribution in [2.75, 3.05) is 4.90 Å². The molecule has 3 fully saturated rings. The molecule has 6 atom stereocenters. The molecule has 2 saturated heterocycles. The molecule has 6 unspecified atom stereocenters. The molecular formula is C31H32ClN5O2. The number of hydrogen-bond donors (Lipinski definition) is 0. The number of Topliss-reactive ketones (excluding diaryl/α,β-unsaturated/α-hetero) is 1. The number of fused-ring (bicyclic) bond motifs is 7. The van der Waals surface area contributed by atoms with Gasteiger partial charge in [-0.1, -0.05) is 37.9 Å². The normalized spacial score (nSPS) is 37.8. The summed E-state index contributed by atoms with van der Waals surface area (Å²) in [5.74, 6) is -0.767. The number of piperidine rings is 2. The zero-order chi connectivity index (χ0) is 27.5. The van der Waals surface area contributed by atoms with Gasteiger partial charge in [-0.2, -0.15) is 10.5 Å². The quantitative estimate of drug-likeness (QED) is 0.455. The molecule has 7 rings (SSSR count). The second-order valence-electron chi connectivity index (χ2n) is 13.1. The number of aliphatic imine (C=N–C) groups is 1. The Labute approximate surface area is 234 Å². The molecule has 0 N–H and O–H groups in total. The second-order valence-corrected chi connectivity index (χ2v) is 13.5. The molecule has 1 amide bonds. The summed E-state index contributed by atoms with van der Waals surface area (Å²) < 4.78 is 0. The molecule has 1 aromatic carbocycles. The Bertz CT molecular complexity index is 1500. The Hall–Kier alpha value is -3.16. The Balaban J connectivity index is 1.53. The molecule has 6 aliphatic rings. The van der Waals surface area contributed by atoms with Crippen molar-refractivity contribution in [3.8, 4) is 12.1 Å². The topological polar surface area (TPSA) is 101 Å². The van der Waals surface area contributed by atoms with Crippen molar-refractivity contribution in [1.29, 1.82) is 10.5 Å². The van der Waals surface area contributed by atoms with Gasteiger partial charge in [-0.25, -0.2) is 4.99 Å². The number of nitriles is 2. The van der Waals surface area contributed by atoms with Crippen LogP contribution in [0.4, 0.5) is 5.69 Å². The van der Waals surface area contributed by atoms with Gasteiger partial charge >= 0.3 is 0 Å². The van der Waals surface area contributed by atoms with E-state index in [4.69, 9.17) is 16.6 Å². The number of amides is 1. The van der Waals surface area contributed by atoms with E-state index in [0.717, 1.165) is 36.1 Å². The van der Waals surface area contributed by atoms with Gasteiger partial charge in [0.2, 0.25) is 0 Å². The van der Waals surface area contributed by atoms with Crippen LogP contribution in [0.1, 0.15) is 70.8 Å². The SMILES string of the molecule is Cc1ccc(N2C3CCCC2N2C(=O)C4(C#N)C5CCCC4C(C#N)(C2=N3)C2=C5C(=O)CC(C)(C)C2)cc1Cl. The monoisotopic (exact) mass is 541 g/mol. The molecule has 0 radical (unpaired) electrons. The summed E-state index contributed by atoms with van der Waals surface area (Å²) in [5, 5.41) is 22.8. The van der Waals surface area contributed by atoms with E-state index in [1.54, 1.807) is 4.90 Å². The standard InChI is InChI=1S/C31H32ClN5O2/c1-17-10-11-18(12-21(17)32)36-24-8-5-9-25(36)37-27(35-24)30(15-33)20-13-29(2,3)14-22(38)26(20)19-6-4-7-23(30)31(19,16-34)28(37)39/h10-12,19,23-25H,4-9,13-14H2,1-3H3. The smallest absolute Gasteiger partial charge is 0.251 e. The van der Waals surface area contributed by atoms with Gasteiger partial charge in [0.1, 0.15) is 29.0 Å². The lowest BCUT2D eigenvalue weighted by Gasteiger charge is -2.65. The van der Waals surface area contributed by atoms with Gasteiger partial charge in [0, 0.05) is 34.5 Å². The van der Waals surface area contributed by atoms with Crippen LogP contribution in [0.3, 0.4) is 0 Å². The molecular weight excluding hydrogens is 510 g/mol. The van der Waals surface area contributed by atoms with Crippen LogP contribution in [0.25, 0.3) is 0 Å². The van der Waals surface area contributed by atoms with Gasteiger partial charge < -0.3 is 4.90 Å². The van der Waals surface area contributed by atoms with Crippen LogP contribution in [0.2, 0.25) is 5.02 Å². The number of halogens is 1. The van der Waals surface area contributed by atoms with Crippen molar-refractivity contribution in [2.45, 2.75) is 84.5 Å². The zero-order valence-corrected chi connectivity index (χ0v) is 23.4. The molecule has 200 valence electrons. The van der Waals surface area contributed by atoms with Crippen molar-refractivity contribution in [3.05, 3.63) is 39.9 Å². The number of rotatable bonds is 1. The lowest BCUT2D eigenvalue weighted by molar-refractivity contribution is -0.154. The highest BCUT2D eigenvalue weighted by Crippen LogP contribution is 2.69. The van der Waals surface area contributed by atoms with E-state index in [0.29, 0.717) is 48.5 Å². The fourth-order valence-electron chi connectivity index (χ4n) is 8.94. The fourth-order valence-corrected chi connectivity index (χ4v) is 9.11. The van der Waals surface area contributed by atoms with Crippen LogP contribution in [-0.2, 0) is 9.59 Å². The van der Waals surface area contributed by atoms with Crippen LogP contribution < -0.4 is 4.90 Å². The van der Waals surface area contributed by atoms with E-state index in [9.17, 15) is 20.1 Å². The first-order valence-corrected chi connectivity index (χ1v) is 14.5. The predicted molar refractivity (Wildman–Crippen MR) is 146 cm³/mol. The first-order valence-electron chi connectivity index (χ1n) is 14.2. The van der Waals surface area contributed by atoms with E-state index < -0.39 is 22.7 Å². The maximum Gasteiger partial charge on any atom is 0.251 e. The number of nitrogens with zero attached hydrogens (tertiary/aromatic N) is 5. The average molecular weight is 542 g/mol. The number of amidine groups is 1. The molecule has 1 aromatic rings. The molecule has 0 aromatic heterocycles. The van der Waals surface area contributed by atoms with Gasteiger partial charge in [-0.05, 0) is 74.1 Å². The molecule has 7 nitrogen and oxygen atoms in total. The van der Waals surface area contributed by atoms with Gasteiger partial charge in [0.05, 0.1) is 12.1 Å². The maximum absolute atomic E-state index is 14.8. The van der Waals surface area contributed by atoms with Crippen LogP contribution >= 0.6 is 11.6 Å². The van der Waals surface area contributed by atoms with E-state index in [1.807, 2.05) is 25.1 Å². The summed E-state index contributed by atoms with van der Waals surface area (Å²) in [7, 11) is 0. The van der Waals surface area contributed by atoms with Crippen LogP contribution in [0.15, 0.2) is 34.3 Å². The molecule has 3 heterocycles. The Morgan fingerprint density at radius 3 is 2.54 bits per heavy atom. The largest absolute Gasteiger partial charge is 0.328 e. The highest BCUT2D eigenvalue weighted by atomic mass is 35.5. The summed E-state index contributed by atoms with van der Waals surface area (Å²) in [6, 6.07) is 11.1. The number of ketones is 1. The van der Waals surface area contributed by atoms with Gasteiger partial charge in [-0.3, -0.25) is 14.5 Å². The van der Waals surface area contributed by atoms with Crippen molar-refractivity contribution >= 4 is 34.8 Å². The summed E-state index contributed by atoms with van der Waals surface area (Å²) >= 11 is 6.54. The highest BCUT2D eigenvalue weighted by Gasteiger charge is 2.76. The third kappa shape index (κ3) is 2.90. The Morgan fingerprint density at radius 2 is 1.82 bits per heavy atom. The summed E-state index contributed by atoms with van der Waals surface area (Å²) in [6.45, 7) is 6.11. The van der Waals surface area contributed by atoms with Gasteiger partial charge in [0.15, 0.2) is 5.78 Å². The van der Waals surface area contributed by atoms with E-state index in [-0.39, 0.29) is 29.4 Å². The number of aryl methyl sites for hydroxylation is 1. The molecule has 39 heavy (non-hydrogen) atoms. The predicted octanol–water partition coefficient (Wildman–Crippen LogP) is 5.68. The minimum atomic E-state index is -1.44. The third-order valence-electron chi connectivity index (χ3n) is 10.5. The minimum Gasteiger partial charge on any atom is -0.328 e. The fraction of sp³-hybridized carbons (Fsp3) is 0.581. The first-order chi connectivity index (χ1) is 18.6. The lowest BCUT2D eigenvalue weighted by Crippen LogP contribution is -2.77. The minimum absolute atomic E-state index is 0.000345.